The van der Waals surface area contributed by atoms with Gasteiger partial charge in [-0.2, -0.15) is 0 Å². The molecule has 0 radical (unpaired) electrons. The van der Waals surface area contributed by atoms with E-state index in [4.69, 9.17) is 20.6 Å². The lowest BCUT2D eigenvalue weighted by atomic mass is 10.2. The zero-order valence-electron chi connectivity index (χ0n) is 12.5. The summed E-state index contributed by atoms with van der Waals surface area (Å²) in [6.07, 6.45) is 1.50. The topological polar surface area (TPSA) is 71.6 Å². The quantitative estimate of drug-likeness (QED) is 0.559. The summed E-state index contributed by atoms with van der Waals surface area (Å²) in [7, 11) is 1.72. The highest BCUT2D eigenvalue weighted by molar-refractivity contribution is 9.10. The Kier molecular flexibility index (Phi) is 5.27. The normalized spacial score (nSPS) is 15.0. The predicted octanol–water partition coefficient (Wildman–Crippen LogP) is 3.79. The van der Waals surface area contributed by atoms with Gasteiger partial charge < -0.3 is 14.0 Å². The Bertz CT molecular complexity index is 729. The third-order valence-electron chi connectivity index (χ3n) is 2.91. The van der Waals surface area contributed by atoms with Crippen LogP contribution in [0.15, 0.2) is 22.8 Å². The van der Waals surface area contributed by atoms with Crippen molar-refractivity contribution in [3.63, 3.8) is 0 Å². The van der Waals surface area contributed by atoms with Gasteiger partial charge >= 0.3 is 7.82 Å². The summed E-state index contributed by atoms with van der Waals surface area (Å²) in [5.74, 6) is 0.239. The number of benzene rings is 1. The second-order valence-corrected chi connectivity index (χ2v) is 8.51. The minimum absolute atomic E-state index is 0.120. The van der Waals surface area contributed by atoms with Crippen LogP contribution in [0.3, 0.4) is 0 Å². The first-order valence-corrected chi connectivity index (χ1v) is 9.17. The van der Waals surface area contributed by atoms with E-state index in [9.17, 15) is 9.46 Å². The first-order chi connectivity index (χ1) is 10.1. The van der Waals surface area contributed by atoms with Gasteiger partial charge in [-0.3, -0.25) is 9.42 Å². The molecule has 0 amide bonds. The molecule has 0 fully saturated rings. The lowest BCUT2D eigenvalue weighted by Gasteiger charge is -2.23. The Balaban J connectivity index is 2.12. The Morgan fingerprint density at radius 3 is 2.73 bits per heavy atom. The van der Waals surface area contributed by atoms with Crippen LogP contribution in [0.2, 0.25) is 5.02 Å². The monoisotopic (exact) mass is 411 g/mol. The lowest BCUT2D eigenvalue weighted by Crippen LogP contribution is -2.37. The standard InChI is InChI=1S/C13H17BrClN2O4P/c1-17(2,3)4-5-20-22(18,19)21-13-8-16-12-7-11(15)10(14)6-9(12)13/h6-8,16H,4-5H2,1-3H3/p+1. The van der Waals surface area contributed by atoms with Crippen LogP contribution in [0, 0.1) is 0 Å². The molecule has 122 valence electrons. The third-order valence-corrected chi connectivity index (χ3v) is 5.05. The second-order valence-electron chi connectivity index (χ2n) is 5.87. The molecule has 22 heavy (non-hydrogen) atoms. The van der Waals surface area contributed by atoms with Crippen LogP contribution in [0.5, 0.6) is 5.75 Å². The van der Waals surface area contributed by atoms with Crippen molar-refractivity contribution in [3.8, 4) is 5.75 Å². The minimum Gasteiger partial charge on any atom is -0.402 e. The predicted molar refractivity (Wildman–Crippen MR) is 90.3 cm³/mol. The van der Waals surface area contributed by atoms with Gasteiger partial charge in [0.15, 0.2) is 5.75 Å². The molecule has 0 spiro atoms. The van der Waals surface area contributed by atoms with Crippen LogP contribution >= 0.6 is 35.4 Å². The maximum Gasteiger partial charge on any atom is 0.527 e. The van der Waals surface area contributed by atoms with Gasteiger partial charge in [-0.15, -0.1) is 0 Å². The number of quaternary nitrogens is 1. The average Bonchev–Trinajstić information content (AvgIpc) is 2.70. The van der Waals surface area contributed by atoms with Crippen molar-refractivity contribution in [2.75, 3.05) is 34.3 Å². The summed E-state index contributed by atoms with van der Waals surface area (Å²) in [4.78, 5) is 12.8. The summed E-state index contributed by atoms with van der Waals surface area (Å²) in [6.45, 7) is 0.706. The number of rotatable bonds is 6. The summed E-state index contributed by atoms with van der Waals surface area (Å²) < 4.78 is 23.5. The third kappa shape index (κ3) is 4.72. The van der Waals surface area contributed by atoms with Crippen LogP contribution in [-0.2, 0) is 9.09 Å². The van der Waals surface area contributed by atoms with E-state index < -0.39 is 7.82 Å². The van der Waals surface area contributed by atoms with Crippen LogP contribution in [0.4, 0.5) is 0 Å². The molecule has 0 aliphatic carbocycles. The Labute approximate surface area is 142 Å². The Morgan fingerprint density at radius 1 is 1.41 bits per heavy atom. The van der Waals surface area contributed by atoms with Gasteiger partial charge in [-0.1, -0.05) is 11.6 Å². The average molecular weight is 413 g/mol. The molecule has 9 heteroatoms. The van der Waals surface area contributed by atoms with E-state index in [2.05, 4.69) is 20.9 Å². The molecule has 0 bridgehead atoms. The highest BCUT2D eigenvalue weighted by Gasteiger charge is 2.26. The van der Waals surface area contributed by atoms with Crippen molar-refractivity contribution in [2.45, 2.75) is 0 Å². The fourth-order valence-electron chi connectivity index (χ4n) is 1.75. The minimum atomic E-state index is -4.18. The van der Waals surface area contributed by atoms with Gasteiger partial charge in [0.2, 0.25) is 0 Å². The maximum atomic E-state index is 12.0. The van der Waals surface area contributed by atoms with Crippen molar-refractivity contribution in [1.29, 1.82) is 0 Å². The number of halogens is 2. The number of fused-ring (bicyclic) bond motifs is 1. The van der Waals surface area contributed by atoms with Gasteiger partial charge in [0.1, 0.15) is 13.2 Å². The SMILES string of the molecule is C[N+](C)(C)CCOP(=O)(O)Oc1c[nH]c2cc(Cl)c(Br)cc12. The number of nitrogens with zero attached hydrogens (tertiary/aromatic N) is 1. The fourth-order valence-corrected chi connectivity index (χ4v) is 3.02. The Hall–Kier alpha value is -0.560. The molecule has 2 rings (SSSR count). The van der Waals surface area contributed by atoms with Gasteiger partial charge in [-0.05, 0) is 28.1 Å². The molecule has 1 aromatic heterocycles. The van der Waals surface area contributed by atoms with Gasteiger partial charge in [0.05, 0.1) is 31.7 Å². The van der Waals surface area contributed by atoms with E-state index in [1.165, 1.54) is 6.20 Å². The maximum absolute atomic E-state index is 12.0. The molecule has 1 unspecified atom stereocenters. The van der Waals surface area contributed by atoms with E-state index in [1.807, 2.05) is 21.1 Å². The molecular formula is C13H18BrClN2O4P+. The van der Waals surface area contributed by atoms with Gasteiger partial charge in [-0.25, -0.2) is 4.57 Å². The van der Waals surface area contributed by atoms with Crippen molar-refractivity contribution >= 4 is 46.3 Å². The van der Waals surface area contributed by atoms with Crippen molar-refractivity contribution < 1.29 is 23.0 Å². The zero-order chi connectivity index (χ0) is 16.5. The molecule has 1 atom stereocenters. The van der Waals surface area contributed by atoms with Gasteiger partial charge in [0, 0.05) is 16.1 Å². The van der Waals surface area contributed by atoms with Crippen molar-refractivity contribution in [1.82, 2.24) is 4.98 Å². The Morgan fingerprint density at radius 2 is 2.09 bits per heavy atom. The molecule has 2 N–H and O–H groups in total. The summed E-state index contributed by atoms with van der Waals surface area (Å²) >= 11 is 9.32. The molecule has 6 nitrogen and oxygen atoms in total. The number of phosphoric acid groups is 1. The number of aromatic nitrogens is 1. The first kappa shape index (κ1) is 17.8. The largest absolute Gasteiger partial charge is 0.527 e. The van der Waals surface area contributed by atoms with Crippen LogP contribution in [-0.4, -0.2) is 48.7 Å². The summed E-state index contributed by atoms with van der Waals surface area (Å²) in [5.41, 5.74) is 0.703. The number of H-pyrrole nitrogens is 1. The summed E-state index contributed by atoms with van der Waals surface area (Å²) in [5, 5.41) is 1.17. The van der Waals surface area contributed by atoms with Crippen LogP contribution in [0.1, 0.15) is 0 Å². The lowest BCUT2D eigenvalue weighted by molar-refractivity contribution is -0.870. The molecule has 0 saturated carbocycles. The van der Waals surface area contributed by atoms with E-state index in [1.54, 1.807) is 12.1 Å². The number of nitrogens with one attached hydrogen (secondary N) is 1. The second kappa shape index (κ2) is 6.51. The zero-order valence-corrected chi connectivity index (χ0v) is 15.7. The fraction of sp³-hybridized carbons (Fsp3) is 0.385. The molecule has 0 aliphatic heterocycles. The number of hydrogen-bond acceptors (Lipinski definition) is 3. The van der Waals surface area contributed by atoms with Crippen molar-refractivity contribution in [2.24, 2.45) is 0 Å². The van der Waals surface area contributed by atoms with Gasteiger partial charge in [0.25, 0.3) is 0 Å². The first-order valence-electron chi connectivity index (χ1n) is 6.51. The van der Waals surface area contributed by atoms with E-state index >= 15 is 0 Å². The molecule has 1 aromatic carbocycles. The number of hydrogen-bond donors (Lipinski definition) is 2. The highest BCUT2D eigenvalue weighted by Crippen LogP contribution is 2.46. The van der Waals surface area contributed by atoms with E-state index in [0.717, 1.165) is 0 Å². The molecule has 0 saturated heterocycles. The smallest absolute Gasteiger partial charge is 0.402 e. The number of likely N-dealkylation sites (N-methyl/N-ethyl adjacent to an activating group) is 1. The van der Waals surface area contributed by atoms with Crippen LogP contribution in [0.25, 0.3) is 10.9 Å². The van der Waals surface area contributed by atoms with E-state index in [-0.39, 0.29) is 12.4 Å². The molecular weight excluding hydrogens is 394 g/mol. The highest BCUT2D eigenvalue weighted by atomic mass is 79.9. The molecule has 1 heterocycles. The van der Waals surface area contributed by atoms with Crippen molar-refractivity contribution in [3.05, 3.63) is 27.8 Å². The van der Waals surface area contributed by atoms with Crippen LogP contribution < -0.4 is 4.52 Å². The summed E-state index contributed by atoms with van der Waals surface area (Å²) in [6, 6.07) is 3.42. The molecule has 0 aliphatic rings. The number of aromatic amines is 1. The molecule has 2 aromatic rings. The van der Waals surface area contributed by atoms with E-state index in [0.29, 0.717) is 31.4 Å². The number of phosphoric ester groups is 1.